The van der Waals surface area contributed by atoms with Crippen LogP contribution in [0.5, 0.6) is 0 Å². The van der Waals surface area contributed by atoms with Crippen molar-refractivity contribution < 1.29 is 17.9 Å². The molecule has 0 saturated heterocycles. The molecule has 0 saturated carbocycles. The van der Waals surface area contributed by atoms with Gasteiger partial charge in [0.05, 0.1) is 35.7 Å². The molecule has 2 heterocycles. The molecule has 4 rings (SSSR count). The van der Waals surface area contributed by atoms with Crippen molar-refractivity contribution >= 4 is 43.7 Å². The average Bonchev–Trinajstić information content (AvgIpc) is 3.07. The number of para-hydroxylation sites is 1. The number of nitrogens with zero attached hydrogens (tertiary/aromatic N) is 4. The van der Waals surface area contributed by atoms with Gasteiger partial charge in [-0.05, 0) is 37.3 Å². The van der Waals surface area contributed by atoms with Crippen LogP contribution < -0.4 is 4.31 Å². The van der Waals surface area contributed by atoms with E-state index in [1.807, 2.05) is 7.05 Å². The van der Waals surface area contributed by atoms with Crippen LogP contribution in [0.15, 0.2) is 59.8 Å². The third-order valence-electron chi connectivity index (χ3n) is 4.62. The van der Waals surface area contributed by atoms with E-state index in [9.17, 15) is 13.2 Å². The zero-order valence-corrected chi connectivity index (χ0v) is 16.8. The molecule has 8 nitrogen and oxygen atoms in total. The molecule has 9 heteroatoms. The molecule has 0 N–H and O–H groups in total. The van der Waals surface area contributed by atoms with E-state index in [0.717, 1.165) is 12.6 Å². The van der Waals surface area contributed by atoms with Crippen LogP contribution in [-0.4, -0.2) is 36.2 Å². The summed E-state index contributed by atoms with van der Waals surface area (Å²) in [6, 6.07) is 13.2. The van der Waals surface area contributed by atoms with E-state index in [-0.39, 0.29) is 10.6 Å². The molecule has 148 valence electrons. The zero-order valence-electron chi connectivity index (χ0n) is 16.0. The number of sulfonamides is 1. The fraction of sp³-hybridized carbons (Fsp3) is 0.150. The van der Waals surface area contributed by atoms with Crippen molar-refractivity contribution in [3.8, 4) is 0 Å². The smallest absolute Gasteiger partial charge is 0.428 e. The highest BCUT2D eigenvalue weighted by Gasteiger charge is 2.34. The van der Waals surface area contributed by atoms with Crippen LogP contribution in [0.1, 0.15) is 5.69 Å². The Morgan fingerprint density at radius 2 is 1.93 bits per heavy atom. The summed E-state index contributed by atoms with van der Waals surface area (Å²) in [4.78, 5) is 21.1. The van der Waals surface area contributed by atoms with Gasteiger partial charge in [-0.2, -0.15) is 4.31 Å². The third kappa shape index (κ3) is 3.09. The van der Waals surface area contributed by atoms with Crippen LogP contribution >= 0.6 is 0 Å². The van der Waals surface area contributed by atoms with Gasteiger partial charge in [-0.25, -0.2) is 18.2 Å². The highest BCUT2D eigenvalue weighted by atomic mass is 32.2. The lowest BCUT2D eigenvalue weighted by atomic mass is 10.2. The van der Waals surface area contributed by atoms with Crippen molar-refractivity contribution in [1.29, 1.82) is 0 Å². The standard InChI is InChI=1S/C20H18N4O4S/c1-13-7-8-14-5-4-6-18(19(14)22-13)29(26,27)24(20(25)28-3)15-9-10-17-16(11-15)21-12-23(17)2/h4-12H,1-3H3. The lowest BCUT2D eigenvalue weighted by Gasteiger charge is -2.21. The summed E-state index contributed by atoms with van der Waals surface area (Å²) in [5, 5.41) is 0.654. The first kappa shape index (κ1) is 18.9. The SMILES string of the molecule is COC(=O)N(c1ccc2c(c1)ncn2C)S(=O)(=O)c1cccc2ccc(C)nc12. The largest absolute Gasteiger partial charge is 0.452 e. The van der Waals surface area contributed by atoms with Crippen molar-refractivity contribution in [3.63, 3.8) is 0 Å². The lowest BCUT2D eigenvalue weighted by Crippen LogP contribution is -2.37. The number of pyridine rings is 1. The second kappa shape index (κ2) is 6.85. The van der Waals surface area contributed by atoms with Gasteiger partial charge in [0.2, 0.25) is 0 Å². The van der Waals surface area contributed by atoms with Gasteiger partial charge in [0.25, 0.3) is 10.0 Å². The van der Waals surface area contributed by atoms with Crippen molar-refractivity contribution in [1.82, 2.24) is 14.5 Å². The van der Waals surface area contributed by atoms with Crippen molar-refractivity contribution in [2.24, 2.45) is 7.05 Å². The number of hydrogen-bond acceptors (Lipinski definition) is 6. The Balaban J connectivity index is 1.95. The summed E-state index contributed by atoms with van der Waals surface area (Å²) in [6.07, 6.45) is 0.591. The van der Waals surface area contributed by atoms with Crippen LogP contribution in [0.4, 0.5) is 10.5 Å². The topological polar surface area (TPSA) is 94.4 Å². The molecule has 2 aromatic heterocycles. The van der Waals surface area contributed by atoms with E-state index < -0.39 is 16.1 Å². The minimum Gasteiger partial charge on any atom is -0.452 e. The van der Waals surface area contributed by atoms with Crippen molar-refractivity contribution in [3.05, 3.63) is 60.6 Å². The number of carbonyl (C=O) groups is 1. The highest BCUT2D eigenvalue weighted by Crippen LogP contribution is 2.30. The van der Waals surface area contributed by atoms with Gasteiger partial charge in [0, 0.05) is 18.1 Å². The first-order valence-electron chi connectivity index (χ1n) is 8.73. The Morgan fingerprint density at radius 1 is 1.14 bits per heavy atom. The van der Waals surface area contributed by atoms with Gasteiger partial charge in [-0.15, -0.1) is 0 Å². The molecule has 0 atom stereocenters. The first-order valence-corrected chi connectivity index (χ1v) is 10.2. The number of carbonyl (C=O) groups excluding carboxylic acids is 1. The molecular formula is C20H18N4O4S. The second-order valence-corrected chi connectivity index (χ2v) is 8.30. The zero-order chi connectivity index (χ0) is 20.8. The number of imidazole rings is 1. The number of ether oxygens (including phenoxy) is 1. The first-order chi connectivity index (χ1) is 13.8. The van der Waals surface area contributed by atoms with E-state index in [2.05, 4.69) is 9.97 Å². The minimum atomic E-state index is -4.31. The van der Waals surface area contributed by atoms with Gasteiger partial charge >= 0.3 is 6.09 Å². The van der Waals surface area contributed by atoms with Gasteiger partial charge in [0.1, 0.15) is 4.90 Å². The van der Waals surface area contributed by atoms with Gasteiger partial charge < -0.3 is 9.30 Å². The summed E-state index contributed by atoms with van der Waals surface area (Å²) in [5.41, 5.74) is 2.45. The maximum absolute atomic E-state index is 13.6. The molecule has 0 bridgehead atoms. The summed E-state index contributed by atoms with van der Waals surface area (Å²) in [5.74, 6) is 0. The number of fused-ring (bicyclic) bond motifs is 2. The Morgan fingerprint density at radius 3 is 2.69 bits per heavy atom. The van der Waals surface area contributed by atoms with E-state index >= 15 is 0 Å². The third-order valence-corrected chi connectivity index (χ3v) is 6.35. The Kier molecular flexibility index (Phi) is 4.46. The molecule has 2 aromatic carbocycles. The quantitative estimate of drug-likeness (QED) is 0.514. The van der Waals surface area contributed by atoms with Gasteiger partial charge in [0.15, 0.2) is 0 Å². The van der Waals surface area contributed by atoms with E-state index in [1.165, 1.54) is 12.1 Å². The van der Waals surface area contributed by atoms with Crippen LogP contribution in [0, 0.1) is 6.92 Å². The van der Waals surface area contributed by atoms with Gasteiger partial charge in [-0.3, -0.25) is 4.98 Å². The van der Waals surface area contributed by atoms with E-state index in [1.54, 1.807) is 54.2 Å². The molecule has 0 aliphatic rings. The summed E-state index contributed by atoms with van der Waals surface area (Å²) in [7, 11) is -1.35. The van der Waals surface area contributed by atoms with Crippen LogP contribution in [0.25, 0.3) is 21.9 Å². The van der Waals surface area contributed by atoms with Crippen molar-refractivity contribution in [2.75, 3.05) is 11.4 Å². The van der Waals surface area contributed by atoms with Gasteiger partial charge in [-0.1, -0.05) is 18.2 Å². The van der Waals surface area contributed by atoms with Crippen molar-refractivity contribution in [2.45, 2.75) is 11.8 Å². The fourth-order valence-electron chi connectivity index (χ4n) is 3.20. The summed E-state index contributed by atoms with van der Waals surface area (Å²) in [6.45, 7) is 1.77. The monoisotopic (exact) mass is 410 g/mol. The normalized spacial score (nSPS) is 11.7. The Labute approximate surface area is 167 Å². The summed E-state index contributed by atoms with van der Waals surface area (Å²) >= 11 is 0. The predicted molar refractivity (Wildman–Crippen MR) is 109 cm³/mol. The molecule has 4 aromatic rings. The van der Waals surface area contributed by atoms with Crippen LogP contribution in [0.3, 0.4) is 0 Å². The average molecular weight is 410 g/mol. The number of aromatic nitrogens is 3. The molecule has 29 heavy (non-hydrogen) atoms. The number of rotatable bonds is 3. The summed E-state index contributed by atoms with van der Waals surface area (Å²) < 4.78 is 34.3. The molecule has 0 aliphatic heterocycles. The predicted octanol–water partition coefficient (Wildman–Crippen LogP) is 3.39. The number of amides is 1. The highest BCUT2D eigenvalue weighted by molar-refractivity contribution is 7.93. The molecule has 0 radical (unpaired) electrons. The Hall–Kier alpha value is -3.46. The van der Waals surface area contributed by atoms with Crippen LogP contribution in [0.2, 0.25) is 0 Å². The molecule has 0 spiro atoms. The number of anilines is 1. The maximum atomic E-state index is 13.6. The van der Waals surface area contributed by atoms with E-state index in [0.29, 0.717) is 26.4 Å². The number of benzene rings is 2. The number of methoxy groups -OCH3 is 1. The number of hydrogen-bond donors (Lipinski definition) is 0. The molecule has 1 amide bonds. The second-order valence-electron chi connectivity index (χ2n) is 6.55. The maximum Gasteiger partial charge on any atom is 0.428 e. The minimum absolute atomic E-state index is 0.0785. The fourth-order valence-corrected chi connectivity index (χ4v) is 4.72. The Bertz CT molecular complexity index is 1360. The molecular weight excluding hydrogens is 392 g/mol. The molecule has 0 unspecified atom stereocenters. The lowest BCUT2D eigenvalue weighted by molar-refractivity contribution is 0.183. The number of aryl methyl sites for hydroxylation is 2. The molecule has 0 fully saturated rings. The van der Waals surface area contributed by atoms with Crippen LogP contribution in [-0.2, 0) is 21.8 Å². The molecule has 0 aliphatic carbocycles. The van der Waals surface area contributed by atoms with E-state index in [4.69, 9.17) is 4.74 Å².